The Kier molecular flexibility index (Phi) is 1.85. The highest BCUT2D eigenvalue weighted by molar-refractivity contribution is 5.66. The Morgan fingerprint density at radius 1 is 1.06 bits per heavy atom. The molecule has 18 heavy (non-hydrogen) atoms. The van der Waals surface area contributed by atoms with Gasteiger partial charge in [0.15, 0.2) is 11.5 Å². The molecule has 0 spiro atoms. The van der Waals surface area contributed by atoms with Crippen molar-refractivity contribution in [2.24, 2.45) is 0 Å². The van der Waals surface area contributed by atoms with E-state index in [1.807, 2.05) is 53.2 Å². The first kappa shape index (κ1) is 9.53. The summed E-state index contributed by atoms with van der Waals surface area (Å²) < 4.78 is 12.7. The monoisotopic (exact) mass is 238 g/mol. The fourth-order valence-electron chi connectivity index (χ4n) is 2.13. The molecule has 0 saturated carbocycles. The molecule has 1 aliphatic rings. The minimum absolute atomic E-state index is 0.296. The molecule has 0 saturated heterocycles. The van der Waals surface area contributed by atoms with Crippen molar-refractivity contribution in [2.75, 3.05) is 6.79 Å². The Bertz CT molecular complexity index is 700. The van der Waals surface area contributed by atoms with Crippen LogP contribution in [-0.4, -0.2) is 16.2 Å². The van der Waals surface area contributed by atoms with Gasteiger partial charge in [0, 0.05) is 18.0 Å². The van der Waals surface area contributed by atoms with Crippen molar-refractivity contribution in [3.8, 4) is 22.8 Å². The Labute approximate surface area is 103 Å². The zero-order valence-corrected chi connectivity index (χ0v) is 9.54. The molecule has 0 amide bonds. The van der Waals surface area contributed by atoms with E-state index in [-0.39, 0.29) is 0 Å². The van der Waals surface area contributed by atoms with Crippen molar-refractivity contribution < 1.29 is 9.47 Å². The number of imidazole rings is 1. The number of hydrogen-bond acceptors (Lipinski definition) is 3. The molecule has 0 N–H and O–H groups in total. The summed E-state index contributed by atoms with van der Waals surface area (Å²) in [6.07, 6.45) is 3.99. The average Bonchev–Trinajstić information content (AvgIpc) is 3.04. The van der Waals surface area contributed by atoms with Crippen LogP contribution in [0.5, 0.6) is 11.5 Å². The van der Waals surface area contributed by atoms with E-state index in [9.17, 15) is 0 Å². The van der Waals surface area contributed by atoms with E-state index in [2.05, 4.69) is 4.98 Å². The second-order valence-corrected chi connectivity index (χ2v) is 4.16. The van der Waals surface area contributed by atoms with Gasteiger partial charge in [-0.25, -0.2) is 4.98 Å². The van der Waals surface area contributed by atoms with Crippen LogP contribution in [0, 0.1) is 0 Å². The molecule has 0 radical (unpaired) electrons. The fraction of sp³-hybridized carbons (Fsp3) is 0.0714. The highest BCUT2D eigenvalue weighted by Crippen LogP contribution is 2.35. The maximum Gasteiger partial charge on any atom is 0.231 e. The largest absolute Gasteiger partial charge is 0.454 e. The molecular formula is C14H10N2O2. The van der Waals surface area contributed by atoms with E-state index in [0.717, 1.165) is 28.4 Å². The molecule has 0 fully saturated rings. The van der Waals surface area contributed by atoms with Gasteiger partial charge in [0.1, 0.15) is 5.65 Å². The smallest absolute Gasteiger partial charge is 0.231 e. The summed E-state index contributed by atoms with van der Waals surface area (Å²) in [6.45, 7) is 0.296. The van der Waals surface area contributed by atoms with Gasteiger partial charge in [0.05, 0.1) is 5.69 Å². The van der Waals surface area contributed by atoms with Crippen LogP contribution in [0.15, 0.2) is 48.8 Å². The molecule has 0 aliphatic carbocycles. The number of ether oxygens (including phenoxy) is 2. The quantitative estimate of drug-likeness (QED) is 0.654. The summed E-state index contributed by atoms with van der Waals surface area (Å²) in [6, 6.07) is 11.8. The van der Waals surface area contributed by atoms with Crippen LogP contribution < -0.4 is 9.47 Å². The van der Waals surface area contributed by atoms with E-state index in [0.29, 0.717) is 6.79 Å². The molecule has 3 aromatic rings. The van der Waals surface area contributed by atoms with Gasteiger partial charge in [-0.05, 0) is 30.3 Å². The molecule has 4 heteroatoms. The molecule has 2 aromatic heterocycles. The minimum Gasteiger partial charge on any atom is -0.454 e. The van der Waals surface area contributed by atoms with Gasteiger partial charge in [0.25, 0.3) is 0 Å². The van der Waals surface area contributed by atoms with E-state index in [1.54, 1.807) is 0 Å². The van der Waals surface area contributed by atoms with Crippen LogP contribution in [-0.2, 0) is 0 Å². The van der Waals surface area contributed by atoms with Gasteiger partial charge < -0.3 is 13.9 Å². The Morgan fingerprint density at radius 3 is 2.94 bits per heavy atom. The number of rotatable bonds is 1. The second-order valence-electron chi connectivity index (χ2n) is 4.16. The Morgan fingerprint density at radius 2 is 2.00 bits per heavy atom. The molecule has 4 nitrogen and oxygen atoms in total. The van der Waals surface area contributed by atoms with E-state index < -0.39 is 0 Å². The van der Waals surface area contributed by atoms with Gasteiger partial charge >= 0.3 is 0 Å². The topological polar surface area (TPSA) is 35.8 Å². The first-order valence-corrected chi connectivity index (χ1v) is 5.74. The number of nitrogens with zero attached hydrogens (tertiary/aromatic N) is 2. The first-order chi connectivity index (χ1) is 8.90. The molecule has 0 unspecified atom stereocenters. The van der Waals surface area contributed by atoms with Gasteiger partial charge in [-0.1, -0.05) is 6.07 Å². The summed E-state index contributed by atoms with van der Waals surface area (Å²) in [7, 11) is 0. The van der Waals surface area contributed by atoms with Crippen molar-refractivity contribution in [3.63, 3.8) is 0 Å². The molecule has 1 aromatic carbocycles. The van der Waals surface area contributed by atoms with E-state index in [4.69, 9.17) is 9.47 Å². The zero-order valence-electron chi connectivity index (χ0n) is 9.54. The molecule has 0 bridgehead atoms. The normalized spacial score (nSPS) is 13.1. The summed E-state index contributed by atoms with van der Waals surface area (Å²) in [5, 5.41) is 0. The van der Waals surface area contributed by atoms with Gasteiger partial charge in [-0.15, -0.1) is 0 Å². The molecule has 88 valence electrons. The summed E-state index contributed by atoms with van der Waals surface area (Å²) in [5.74, 6) is 1.58. The lowest BCUT2D eigenvalue weighted by molar-refractivity contribution is 0.174. The molecular weight excluding hydrogens is 228 g/mol. The van der Waals surface area contributed by atoms with Crippen LogP contribution >= 0.6 is 0 Å². The van der Waals surface area contributed by atoms with Gasteiger partial charge in [0.2, 0.25) is 6.79 Å². The minimum atomic E-state index is 0.296. The van der Waals surface area contributed by atoms with Crippen LogP contribution in [0.4, 0.5) is 0 Å². The number of benzene rings is 1. The summed E-state index contributed by atoms with van der Waals surface area (Å²) >= 11 is 0. The molecule has 4 rings (SSSR count). The average molecular weight is 238 g/mol. The lowest BCUT2D eigenvalue weighted by Crippen LogP contribution is -1.92. The third kappa shape index (κ3) is 1.35. The maximum atomic E-state index is 5.38. The Hall–Kier alpha value is -2.49. The molecule has 1 aliphatic heterocycles. The lowest BCUT2D eigenvalue weighted by Gasteiger charge is -1.98. The van der Waals surface area contributed by atoms with Crippen molar-refractivity contribution in [1.29, 1.82) is 0 Å². The third-order valence-electron chi connectivity index (χ3n) is 3.03. The second kappa shape index (κ2) is 3.50. The maximum absolute atomic E-state index is 5.38. The SMILES string of the molecule is c1ccn2cc(-c3ccc4c(c3)OCO4)nc2c1. The fourth-order valence-corrected chi connectivity index (χ4v) is 2.13. The lowest BCUT2D eigenvalue weighted by atomic mass is 10.1. The van der Waals surface area contributed by atoms with Crippen LogP contribution in [0.2, 0.25) is 0 Å². The summed E-state index contributed by atoms with van der Waals surface area (Å²) in [5.41, 5.74) is 2.90. The first-order valence-electron chi connectivity index (χ1n) is 5.74. The zero-order chi connectivity index (χ0) is 11.9. The number of fused-ring (bicyclic) bond motifs is 2. The van der Waals surface area contributed by atoms with Crippen molar-refractivity contribution in [1.82, 2.24) is 9.38 Å². The summed E-state index contributed by atoms with van der Waals surface area (Å²) in [4.78, 5) is 4.58. The van der Waals surface area contributed by atoms with Gasteiger partial charge in [-0.3, -0.25) is 0 Å². The molecule has 3 heterocycles. The van der Waals surface area contributed by atoms with Crippen molar-refractivity contribution in [3.05, 3.63) is 48.8 Å². The highest BCUT2D eigenvalue weighted by Gasteiger charge is 2.14. The van der Waals surface area contributed by atoms with E-state index in [1.165, 1.54) is 0 Å². The standard InChI is InChI=1S/C14H10N2O2/c1-2-6-16-8-11(15-14(16)3-1)10-4-5-12-13(7-10)18-9-17-12/h1-8H,9H2. The number of aromatic nitrogens is 2. The van der Waals surface area contributed by atoms with Crippen LogP contribution in [0.25, 0.3) is 16.9 Å². The van der Waals surface area contributed by atoms with Crippen LogP contribution in [0.1, 0.15) is 0 Å². The molecule has 0 atom stereocenters. The van der Waals surface area contributed by atoms with Crippen LogP contribution in [0.3, 0.4) is 0 Å². The third-order valence-corrected chi connectivity index (χ3v) is 3.03. The van der Waals surface area contributed by atoms with Gasteiger partial charge in [-0.2, -0.15) is 0 Å². The number of pyridine rings is 1. The predicted octanol–water partition coefficient (Wildman–Crippen LogP) is 2.73. The van der Waals surface area contributed by atoms with Crippen molar-refractivity contribution in [2.45, 2.75) is 0 Å². The number of hydrogen-bond donors (Lipinski definition) is 0. The van der Waals surface area contributed by atoms with Crippen molar-refractivity contribution >= 4 is 5.65 Å². The predicted molar refractivity (Wildman–Crippen MR) is 66.8 cm³/mol. The van der Waals surface area contributed by atoms with E-state index >= 15 is 0 Å². The Balaban J connectivity index is 1.86. The highest BCUT2D eigenvalue weighted by atomic mass is 16.7.